The molecule has 1 heterocycles. The Morgan fingerprint density at radius 2 is 1.80 bits per heavy atom. The molecule has 0 aliphatic carbocycles. The molecule has 1 aromatic carbocycles. The van der Waals surface area contributed by atoms with E-state index in [0.29, 0.717) is 10.8 Å². The van der Waals surface area contributed by atoms with Crippen LogP contribution in [0, 0.1) is 20.8 Å². The summed E-state index contributed by atoms with van der Waals surface area (Å²) < 4.78 is 5.84. The van der Waals surface area contributed by atoms with Gasteiger partial charge in [-0.25, -0.2) is 0 Å². The van der Waals surface area contributed by atoms with Crippen LogP contribution in [0.15, 0.2) is 18.7 Å². The first-order valence-corrected chi connectivity index (χ1v) is 6.79. The normalized spacial score (nSPS) is 10.4. The average Bonchev–Trinajstić information content (AvgIpc) is 2.38. The molecule has 0 radical (unpaired) electrons. The number of aryl methyl sites for hydroxylation is 2. The van der Waals surface area contributed by atoms with Crippen LogP contribution in [0.5, 0.6) is 11.6 Å². The predicted octanol–water partition coefficient (Wildman–Crippen LogP) is 5.14. The minimum absolute atomic E-state index is 0.225. The zero-order valence-electron chi connectivity index (χ0n) is 11.5. The maximum Gasteiger partial charge on any atom is 0.257 e. The van der Waals surface area contributed by atoms with Gasteiger partial charge in [0.2, 0.25) is 0 Å². The second-order valence-corrected chi connectivity index (χ2v) is 5.30. The van der Waals surface area contributed by atoms with E-state index in [1.54, 1.807) is 6.08 Å². The second-order valence-electron chi connectivity index (χ2n) is 4.50. The highest BCUT2D eigenvalue weighted by molar-refractivity contribution is 6.34. The lowest BCUT2D eigenvalue weighted by atomic mass is 9.99. The Kier molecular flexibility index (Phi) is 4.31. The maximum absolute atomic E-state index is 6.07. The Labute approximate surface area is 128 Å². The summed E-state index contributed by atoms with van der Waals surface area (Å²) >= 11 is 11.8. The van der Waals surface area contributed by atoms with Gasteiger partial charge in [0.15, 0.2) is 5.15 Å². The molecule has 2 rings (SSSR count). The highest BCUT2D eigenvalue weighted by Crippen LogP contribution is 2.36. The molecule has 5 heteroatoms. The first-order chi connectivity index (χ1) is 9.43. The summed E-state index contributed by atoms with van der Waals surface area (Å²) in [6.45, 7) is 9.84. The quantitative estimate of drug-likeness (QED) is 0.787. The Balaban J connectivity index is 2.55. The Morgan fingerprint density at radius 3 is 2.40 bits per heavy atom. The molecule has 0 amide bonds. The van der Waals surface area contributed by atoms with Gasteiger partial charge in [-0.2, -0.15) is 0 Å². The molecule has 0 saturated heterocycles. The summed E-state index contributed by atoms with van der Waals surface area (Å²) in [7, 11) is 0. The van der Waals surface area contributed by atoms with Crippen molar-refractivity contribution in [2.24, 2.45) is 0 Å². The number of hydrogen-bond donors (Lipinski definition) is 0. The lowest BCUT2D eigenvalue weighted by Crippen LogP contribution is -1.99. The molecule has 0 aliphatic heterocycles. The molecule has 20 heavy (non-hydrogen) atoms. The van der Waals surface area contributed by atoms with E-state index in [0.717, 1.165) is 22.3 Å². The fourth-order valence-corrected chi connectivity index (χ4v) is 2.34. The van der Waals surface area contributed by atoms with Gasteiger partial charge in [0.05, 0.1) is 0 Å². The minimum atomic E-state index is 0.225. The van der Waals surface area contributed by atoms with Crippen molar-refractivity contribution in [2.75, 3.05) is 0 Å². The van der Waals surface area contributed by atoms with Crippen LogP contribution in [-0.4, -0.2) is 10.2 Å². The zero-order valence-corrected chi connectivity index (χ0v) is 13.0. The Bertz CT molecular complexity index is 684. The summed E-state index contributed by atoms with van der Waals surface area (Å²) in [4.78, 5) is 0. The number of halogens is 2. The van der Waals surface area contributed by atoms with Crippen LogP contribution in [0.4, 0.5) is 0 Å². The smallest absolute Gasteiger partial charge is 0.257 e. The lowest BCUT2D eigenvalue weighted by Gasteiger charge is -2.16. The monoisotopic (exact) mass is 308 g/mol. The van der Waals surface area contributed by atoms with Crippen molar-refractivity contribution in [3.05, 3.63) is 51.1 Å². The first kappa shape index (κ1) is 14.8. The Hall–Kier alpha value is -1.58. The molecule has 0 spiro atoms. The predicted molar refractivity (Wildman–Crippen MR) is 82.9 cm³/mol. The third kappa shape index (κ3) is 2.79. The van der Waals surface area contributed by atoms with Crippen molar-refractivity contribution in [1.29, 1.82) is 0 Å². The number of rotatable bonds is 3. The van der Waals surface area contributed by atoms with Crippen molar-refractivity contribution >= 4 is 29.3 Å². The zero-order chi connectivity index (χ0) is 14.9. The fraction of sp³-hybridized carbons (Fsp3) is 0.200. The summed E-state index contributed by atoms with van der Waals surface area (Å²) in [5, 5.41) is 8.17. The summed E-state index contributed by atoms with van der Waals surface area (Å²) in [5.41, 5.74) is 4.14. The van der Waals surface area contributed by atoms with Gasteiger partial charge in [-0.1, -0.05) is 41.9 Å². The van der Waals surface area contributed by atoms with E-state index in [1.165, 1.54) is 6.07 Å². The number of aromatic nitrogens is 2. The number of ether oxygens (including phenoxy) is 1. The topological polar surface area (TPSA) is 35.0 Å². The second kappa shape index (κ2) is 5.81. The standard InChI is InChI=1S/C15H14Cl2N2O/c1-5-11-9(3)6-8(2)10(4)14(11)20-15-12(16)7-13(17)18-19-15/h5-7H,1H2,2-4H3. The molecule has 0 unspecified atom stereocenters. The molecule has 0 aliphatic rings. The fourth-order valence-electron chi connectivity index (χ4n) is 1.96. The van der Waals surface area contributed by atoms with E-state index in [1.807, 2.05) is 20.8 Å². The van der Waals surface area contributed by atoms with Crippen LogP contribution in [0.25, 0.3) is 6.08 Å². The van der Waals surface area contributed by atoms with E-state index < -0.39 is 0 Å². The molecule has 0 bridgehead atoms. The molecular weight excluding hydrogens is 295 g/mol. The summed E-state index contributed by atoms with van der Waals surface area (Å²) in [5.74, 6) is 0.920. The van der Waals surface area contributed by atoms with Crippen LogP contribution >= 0.6 is 23.2 Å². The van der Waals surface area contributed by atoms with Crippen LogP contribution in [-0.2, 0) is 0 Å². The van der Waals surface area contributed by atoms with E-state index >= 15 is 0 Å². The van der Waals surface area contributed by atoms with Crippen molar-refractivity contribution in [1.82, 2.24) is 10.2 Å². The molecule has 0 atom stereocenters. The molecule has 0 fully saturated rings. The van der Waals surface area contributed by atoms with Crippen LogP contribution in [0.1, 0.15) is 22.3 Å². The summed E-state index contributed by atoms with van der Waals surface area (Å²) in [6.07, 6.45) is 1.76. The summed E-state index contributed by atoms with van der Waals surface area (Å²) in [6, 6.07) is 3.59. The van der Waals surface area contributed by atoms with Crippen molar-refractivity contribution in [3.63, 3.8) is 0 Å². The van der Waals surface area contributed by atoms with Gasteiger partial charge in [0, 0.05) is 11.6 Å². The van der Waals surface area contributed by atoms with Gasteiger partial charge in [-0.3, -0.25) is 0 Å². The van der Waals surface area contributed by atoms with Crippen molar-refractivity contribution in [2.45, 2.75) is 20.8 Å². The van der Waals surface area contributed by atoms with Crippen molar-refractivity contribution in [3.8, 4) is 11.6 Å². The molecule has 2 aromatic rings. The highest BCUT2D eigenvalue weighted by Gasteiger charge is 2.15. The van der Waals surface area contributed by atoms with Gasteiger partial charge in [0.1, 0.15) is 10.8 Å². The van der Waals surface area contributed by atoms with Gasteiger partial charge >= 0.3 is 0 Å². The highest BCUT2D eigenvalue weighted by atomic mass is 35.5. The van der Waals surface area contributed by atoms with E-state index in [4.69, 9.17) is 27.9 Å². The van der Waals surface area contributed by atoms with Gasteiger partial charge in [0.25, 0.3) is 5.88 Å². The Morgan fingerprint density at radius 1 is 1.10 bits per heavy atom. The van der Waals surface area contributed by atoms with Crippen LogP contribution in [0.2, 0.25) is 10.2 Å². The van der Waals surface area contributed by atoms with Crippen molar-refractivity contribution < 1.29 is 4.74 Å². The SMILES string of the molecule is C=Cc1c(C)cc(C)c(C)c1Oc1nnc(Cl)cc1Cl. The molecule has 3 nitrogen and oxygen atoms in total. The third-order valence-corrected chi connectivity index (χ3v) is 3.58. The van der Waals surface area contributed by atoms with Gasteiger partial charge < -0.3 is 4.74 Å². The van der Waals surface area contributed by atoms with Crippen LogP contribution in [0.3, 0.4) is 0 Å². The van der Waals surface area contributed by atoms with E-state index in [-0.39, 0.29) is 11.0 Å². The molecule has 0 saturated carbocycles. The lowest BCUT2D eigenvalue weighted by molar-refractivity contribution is 0.450. The largest absolute Gasteiger partial charge is 0.435 e. The van der Waals surface area contributed by atoms with Crippen LogP contribution < -0.4 is 4.74 Å². The third-order valence-electron chi connectivity index (χ3n) is 3.12. The maximum atomic E-state index is 6.07. The number of benzene rings is 1. The van der Waals surface area contributed by atoms with E-state index in [9.17, 15) is 0 Å². The molecule has 0 N–H and O–H groups in total. The molecule has 104 valence electrons. The minimum Gasteiger partial charge on any atom is -0.435 e. The number of hydrogen-bond acceptors (Lipinski definition) is 3. The number of nitrogens with zero attached hydrogens (tertiary/aromatic N) is 2. The molecule has 1 aromatic heterocycles. The average molecular weight is 309 g/mol. The van der Waals surface area contributed by atoms with Gasteiger partial charge in [-0.15, -0.1) is 10.2 Å². The molecular formula is C15H14Cl2N2O. The van der Waals surface area contributed by atoms with E-state index in [2.05, 4.69) is 22.8 Å². The van der Waals surface area contributed by atoms with Gasteiger partial charge in [-0.05, 0) is 37.5 Å². The first-order valence-electron chi connectivity index (χ1n) is 6.04.